The molecular weight excluding hydrogens is 463 g/mol. The smallest absolute Gasteiger partial charge is 0.418 e. The molecule has 1 aromatic carbocycles. The lowest BCUT2D eigenvalue weighted by Crippen LogP contribution is -2.26. The van der Waals surface area contributed by atoms with Crippen LogP contribution in [0, 0.1) is 11.3 Å². The predicted octanol–water partition coefficient (Wildman–Crippen LogP) is 8.57. The first-order valence-corrected chi connectivity index (χ1v) is 11.7. The maximum Gasteiger partial charge on any atom is 0.673 e. The number of halogens is 4. The van der Waals surface area contributed by atoms with Gasteiger partial charge in [-0.1, -0.05) is 23.9 Å². The third-order valence-corrected chi connectivity index (χ3v) is 5.56. The second kappa shape index (κ2) is 11.8. The zero-order valence-electron chi connectivity index (χ0n) is 21.0. The van der Waals surface area contributed by atoms with E-state index in [1.54, 1.807) is 11.8 Å². The Balaban J connectivity index is 0.00000104. The summed E-state index contributed by atoms with van der Waals surface area (Å²) in [4.78, 5) is 3.15. The van der Waals surface area contributed by atoms with Crippen molar-refractivity contribution in [1.29, 1.82) is 5.26 Å². The molecule has 0 aliphatic heterocycles. The first kappa shape index (κ1) is 29.6. The Morgan fingerprint density at radius 3 is 1.79 bits per heavy atom. The molecule has 0 aliphatic rings. The van der Waals surface area contributed by atoms with Crippen LogP contribution in [-0.2, 0) is 10.8 Å². The summed E-state index contributed by atoms with van der Waals surface area (Å²) in [5.41, 5.74) is 2.09. The third-order valence-electron chi connectivity index (χ3n) is 4.78. The maximum absolute atomic E-state index is 9.75. The molecular formula is C25H33BF4N2OS. The molecule has 0 amide bonds. The van der Waals surface area contributed by atoms with Crippen LogP contribution in [0.5, 0.6) is 0 Å². The van der Waals surface area contributed by atoms with Crippen LogP contribution < -0.4 is 4.90 Å². The number of rotatable bonds is 5. The Morgan fingerprint density at radius 2 is 1.41 bits per heavy atom. The molecule has 1 heterocycles. The van der Waals surface area contributed by atoms with E-state index in [1.807, 2.05) is 18.9 Å². The van der Waals surface area contributed by atoms with E-state index in [9.17, 15) is 17.3 Å². The van der Waals surface area contributed by atoms with Crippen molar-refractivity contribution in [3.05, 3.63) is 58.9 Å². The lowest BCUT2D eigenvalue weighted by molar-refractivity contribution is 0.326. The molecule has 9 heteroatoms. The Labute approximate surface area is 205 Å². The van der Waals surface area contributed by atoms with E-state index >= 15 is 0 Å². The molecule has 3 nitrogen and oxygen atoms in total. The molecule has 0 saturated carbocycles. The lowest BCUT2D eigenvalue weighted by Gasteiger charge is -2.21. The van der Waals surface area contributed by atoms with Crippen molar-refractivity contribution in [2.45, 2.75) is 70.2 Å². The molecule has 2 rings (SSSR count). The van der Waals surface area contributed by atoms with Crippen molar-refractivity contribution in [1.82, 2.24) is 0 Å². The van der Waals surface area contributed by atoms with Crippen molar-refractivity contribution >= 4 is 30.8 Å². The summed E-state index contributed by atoms with van der Waals surface area (Å²) < 4.78 is 45.2. The number of anilines is 1. The first-order valence-electron chi connectivity index (χ1n) is 10.8. The van der Waals surface area contributed by atoms with E-state index in [0.717, 1.165) is 22.8 Å². The average molecular weight is 496 g/mol. The molecule has 0 radical (unpaired) electrons. The Hall–Kier alpha value is -2.47. The predicted molar refractivity (Wildman–Crippen MR) is 136 cm³/mol. The van der Waals surface area contributed by atoms with Gasteiger partial charge in [0.2, 0.25) is 0 Å². The third kappa shape index (κ3) is 10.6. The van der Waals surface area contributed by atoms with E-state index < -0.39 is 7.25 Å². The van der Waals surface area contributed by atoms with Crippen LogP contribution >= 0.6 is 11.8 Å². The van der Waals surface area contributed by atoms with Crippen LogP contribution in [0.25, 0.3) is 6.08 Å². The molecule has 186 valence electrons. The monoisotopic (exact) mass is 496 g/mol. The van der Waals surface area contributed by atoms with Gasteiger partial charge in [0.05, 0.1) is 29.0 Å². The summed E-state index contributed by atoms with van der Waals surface area (Å²) in [5.74, 6) is 2.00. The van der Waals surface area contributed by atoms with Gasteiger partial charge in [-0.3, -0.25) is 0 Å². The van der Waals surface area contributed by atoms with Gasteiger partial charge >= 0.3 is 18.8 Å². The number of hydrogen-bond donors (Lipinski definition) is 0. The molecule has 0 bridgehead atoms. The van der Waals surface area contributed by atoms with Crippen LogP contribution in [0.4, 0.5) is 23.0 Å². The first-order chi connectivity index (χ1) is 15.4. The zero-order valence-corrected chi connectivity index (χ0v) is 21.8. The molecule has 34 heavy (non-hydrogen) atoms. The minimum atomic E-state index is -6.00. The van der Waals surface area contributed by atoms with Crippen molar-refractivity contribution < 1.29 is 21.7 Å². The number of benzene rings is 1. The minimum absolute atomic E-state index is 0.0390. The van der Waals surface area contributed by atoms with E-state index in [2.05, 4.69) is 95.5 Å². The van der Waals surface area contributed by atoms with Gasteiger partial charge in [-0.25, -0.2) is 4.42 Å². The largest absolute Gasteiger partial charge is 0.673 e. The fourth-order valence-electron chi connectivity index (χ4n) is 2.61. The fourth-order valence-corrected chi connectivity index (χ4v) is 3.34. The number of nitrogens with zero attached hydrogens (tertiary/aromatic N) is 2. The van der Waals surface area contributed by atoms with E-state index in [0.29, 0.717) is 0 Å². The summed E-state index contributed by atoms with van der Waals surface area (Å²) in [6, 6.07) is 14.7. The summed E-state index contributed by atoms with van der Waals surface area (Å²) in [5, 5.41) is 11.2. The van der Waals surface area contributed by atoms with Crippen molar-refractivity contribution in [2.24, 2.45) is 0 Å². The molecule has 1 aromatic heterocycles. The summed E-state index contributed by atoms with van der Waals surface area (Å²) >= 11 is 1.70. The quantitative estimate of drug-likeness (QED) is 0.180. The highest BCUT2D eigenvalue weighted by molar-refractivity contribution is 8.02. The van der Waals surface area contributed by atoms with E-state index in [1.165, 1.54) is 4.90 Å². The second-order valence-electron chi connectivity index (χ2n) is 9.94. The van der Waals surface area contributed by atoms with Crippen LogP contribution in [-0.4, -0.2) is 20.3 Å². The van der Waals surface area contributed by atoms with Crippen molar-refractivity contribution in [2.75, 3.05) is 11.9 Å². The minimum Gasteiger partial charge on any atom is -0.418 e. The SMILES string of the molecule is CC(C#N)N(C)c1ccc(/C=C/Sc2cc(C(C)(C)C)[o+]c(C(C)(C)C)c2)cc1.F[B-](F)(F)F. The highest BCUT2D eigenvalue weighted by Crippen LogP contribution is 2.34. The highest BCUT2D eigenvalue weighted by atomic mass is 32.2. The normalized spacial score (nSPS) is 13.1. The van der Waals surface area contributed by atoms with Crippen LogP contribution in [0.1, 0.15) is 65.6 Å². The van der Waals surface area contributed by atoms with Gasteiger partial charge in [0, 0.05) is 17.6 Å². The molecule has 0 saturated heterocycles. The van der Waals surface area contributed by atoms with Gasteiger partial charge in [-0.05, 0) is 77.6 Å². The Kier molecular flexibility index (Phi) is 10.3. The molecule has 1 unspecified atom stereocenters. The zero-order chi connectivity index (χ0) is 26.3. The van der Waals surface area contributed by atoms with Gasteiger partial charge in [0.15, 0.2) is 0 Å². The molecule has 0 aliphatic carbocycles. The average Bonchev–Trinajstić information content (AvgIpc) is 2.70. The van der Waals surface area contributed by atoms with Crippen molar-refractivity contribution in [3.63, 3.8) is 0 Å². The van der Waals surface area contributed by atoms with Crippen LogP contribution in [0.3, 0.4) is 0 Å². The second-order valence-corrected chi connectivity index (χ2v) is 10.9. The highest BCUT2D eigenvalue weighted by Gasteiger charge is 2.33. The molecule has 0 N–H and O–H groups in total. The van der Waals surface area contributed by atoms with E-state index in [4.69, 9.17) is 9.68 Å². The fraction of sp³-hybridized carbons (Fsp3) is 0.440. The van der Waals surface area contributed by atoms with Gasteiger partial charge in [0.1, 0.15) is 6.04 Å². The van der Waals surface area contributed by atoms with Crippen LogP contribution in [0.2, 0.25) is 0 Å². The number of hydrogen-bond acceptors (Lipinski definition) is 3. The van der Waals surface area contributed by atoms with Crippen LogP contribution in [0.15, 0.2) is 51.1 Å². The van der Waals surface area contributed by atoms with Gasteiger partial charge in [0.25, 0.3) is 0 Å². The Bertz CT molecular complexity index is 966. The lowest BCUT2D eigenvalue weighted by atomic mass is 9.90. The molecule has 0 fully saturated rings. The number of nitriles is 1. The summed E-state index contributed by atoms with van der Waals surface area (Å²) in [6.45, 7) is 14.9. The standard InChI is InChI=1S/C25H33N2OS.BF4/c1-18(17-26)27(8)20-11-9-19(10-12-20)13-14-29-21-15-22(24(2,3)4)28-23(16-21)25(5,6)7;2-1(3,4)5/h9-16,18H,1-8H3;/q+1;-1/b14-13+;. The number of thioether (sulfide) groups is 1. The summed E-state index contributed by atoms with van der Waals surface area (Å²) in [7, 11) is -4.06. The van der Waals surface area contributed by atoms with Gasteiger partial charge in [-0.2, -0.15) is 5.26 Å². The molecule has 2 aromatic rings. The molecule has 1 atom stereocenters. The topological polar surface area (TPSA) is 38.3 Å². The van der Waals surface area contributed by atoms with Gasteiger partial charge in [-0.15, -0.1) is 0 Å². The molecule has 0 spiro atoms. The maximum atomic E-state index is 9.75. The Morgan fingerprint density at radius 1 is 0.971 bits per heavy atom. The van der Waals surface area contributed by atoms with Gasteiger partial charge < -0.3 is 22.2 Å². The summed E-state index contributed by atoms with van der Waals surface area (Å²) in [6.07, 6.45) is 2.11. The van der Waals surface area contributed by atoms with Crippen molar-refractivity contribution in [3.8, 4) is 6.07 Å². The van der Waals surface area contributed by atoms with E-state index in [-0.39, 0.29) is 16.9 Å².